The number of rotatable bonds is 6. The lowest BCUT2D eigenvalue weighted by molar-refractivity contribution is -0.133. The summed E-state index contributed by atoms with van der Waals surface area (Å²) in [7, 11) is 0. The minimum Gasteiger partial charge on any atom is -0.366 e. The van der Waals surface area contributed by atoms with Crippen molar-refractivity contribution in [2.45, 2.75) is 52.0 Å². The van der Waals surface area contributed by atoms with E-state index in [1.54, 1.807) is 0 Å². The normalized spacial score (nSPS) is 22.8. The molecular formula is C31H40N6O. The zero-order valence-electron chi connectivity index (χ0n) is 22.9. The molecule has 38 heavy (non-hydrogen) atoms. The molecule has 1 aromatic carbocycles. The van der Waals surface area contributed by atoms with Crippen LogP contribution in [0.1, 0.15) is 51.5 Å². The maximum atomic E-state index is 12.9. The van der Waals surface area contributed by atoms with Crippen LogP contribution in [0.25, 0.3) is 16.6 Å². The van der Waals surface area contributed by atoms with Gasteiger partial charge in [0.15, 0.2) is 0 Å². The first kappa shape index (κ1) is 25.1. The van der Waals surface area contributed by atoms with Gasteiger partial charge < -0.3 is 20.1 Å². The maximum absolute atomic E-state index is 12.9. The van der Waals surface area contributed by atoms with Gasteiger partial charge in [-0.25, -0.2) is 4.52 Å². The molecule has 3 aliphatic rings. The number of hydrogen-bond donors (Lipinski definition) is 1. The topological polar surface area (TPSA) is 67.9 Å². The van der Waals surface area contributed by atoms with Crippen molar-refractivity contribution in [1.29, 1.82) is 5.41 Å². The predicted octanol–water partition coefficient (Wildman–Crippen LogP) is 4.91. The fourth-order valence-corrected chi connectivity index (χ4v) is 6.47. The minimum atomic E-state index is 0.0408. The van der Waals surface area contributed by atoms with Crippen LogP contribution in [0.15, 0.2) is 48.8 Å². The van der Waals surface area contributed by atoms with Crippen LogP contribution in [0.4, 0.5) is 5.69 Å². The summed E-state index contributed by atoms with van der Waals surface area (Å²) in [5, 5.41) is 12.4. The Bertz CT molecular complexity index is 1310. The number of amides is 1. The van der Waals surface area contributed by atoms with E-state index in [0.29, 0.717) is 17.7 Å². The molecular weight excluding hydrogens is 472 g/mol. The Labute approximate surface area is 225 Å². The van der Waals surface area contributed by atoms with E-state index in [9.17, 15) is 4.79 Å². The summed E-state index contributed by atoms with van der Waals surface area (Å²) < 4.78 is 1.99. The zero-order valence-corrected chi connectivity index (χ0v) is 22.9. The molecule has 6 rings (SSSR count). The van der Waals surface area contributed by atoms with E-state index < -0.39 is 0 Å². The highest BCUT2D eigenvalue weighted by molar-refractivity contribution is 5.93. The number of aromatic nitrogens is 2. The van der Waals surface area contributed by atoms with E-state index in [-0.39, 0.29) is 17.7 Å². The number of anilines is 1. The maximum Gasteiger partial charge on any atom is 0.226 e. The molecule has 1 saturated carbocycles. The van der Waals surface area contributed by atoms with Crippen LogP contribution in [0.3, 0.4) is 0 Å². The summed E-state index contributed by atoms with van der Waals surface area (Å²) in [5.41, 5.74) is 6.79. The van der Waals surface area contributed by atoms with Gasteiger partial charge in [-0.1, -0.05) is 24.3 Å². The number of nitrogens with one attached hydrogen (secondary N) is 1. The molecule has 2 aromatic heterocycles. The van der Waals surface area contributed by atoms with Crippen LogP contribution in [0.5, 0.6) is 0 Å². The lowest BCUT2D eigenvalue weighted by atomic mass is 9.88. The molecule has 0 spiro atoms. The molecule has 7 heteroatoms. The fraction of sp³-hybridized carbons (Fsp3) is 0.516. The lowest BCUT2D eigenvalue weighted by Crippen LogP contribution is -2.49. The van der Waals surface area contributed by atoms with Crippen molar-refractivity contribution in [3.05, 3.63) is 54.4 Å². The lowest BCUT2D eigenvalue weighted by Gasteiger charge is -2.36. The number of carbonyl (C=O) groups excluding carboxylic acids is 1. The van der Waals surface area contributed by atoms with Gasteiger partial charge in [-0.3, -0.25) is 4.79 Å². The van der Waals surface area contributed by atoms with Crippen molar-refractivity contribution >= 4 is 22.8 Å². The Morgan fingerprint density at radius 2 is 1.66 bits per heavy atom. The molecule has 4 heterocycles. The van der Waals surface area contributed by atoms with Crippen molar-refractivity contribution in [3.63, 3.8) is 0 Å². The quantitative estimate of drug-likeness (QED) is 0.477. The van der Waals surface area contributed by atoms with Crippen molar-refractivity contribution < 1.29 is 4.79 Å². The third-order valence-corrected chi connectivity index (χ3v) is 9.06. The summed E-state index contributed by atoms with van der Waals surface area (Å²) in [6.07, 6.45) is 7.33. The van der Waals surface area contributed by atoms with Gasteiger partial charge in [-0.15, -0.1) is 0 Å². The summed E-state index contributed by atoms with van der Waals surface area (Å²) in [4.78, 5) is 19.8. The van der Waals surface area contributed by atoms with Gasteiger partial charge >= 0.3 is 0 Å². The van der Waals surface area contributed by atoms with Crippen LogP contribution < -0.4 is 4.90 Å². The first-order valence-electron chi connectivity index (χ1n) is 14.3. The summed E-state index contributed by atoms with van der Waals surface area (Å²) >= 11 is 0. The third-order valence-electron chi connectivity index (χ3n) is 9.06. The van der Waals surface area contributed by atoms with Gasteiger partial charge in [0.1, 0.15) is 0 Å². The Balaban J connectivity index is 1.13. The first-order chi connectivity index (χ1) is 18.4. The molecule has 3 fully saturated rings. The van der Waals surface area contributed by atoms with Crippen LogP contribution in [0.2, 0.25) is 0 Å². The number of likely N-dealkylation sites (tertiary alicyclic amines) is 1. The van der Waals surface area contributed by atoms with E-state index in [0.717, 1.165) is 38.1 Å². The SMILES string of the molecule is CC(=N)[C@H]1C[C@@H]1C(=O)N1CCN(c2ccnn3cc(-c4ccc(C5CCN(C(C)C)CC5)cc4)cc23)CC1. The molecule has 2 aliphatic heterocycles. The zero-order chi connectivity index (χ0) is 26.4. The minimum absolute atomic E-state index is 0.0408. The summed E-state index contributed by atoms with van der Waals surface area (Å²) in [5.74, 6) is 1.11. The Morgan fingerprint density at radius 3 is 2.29 bits per heavy atom. The van der Waals surface area contributed by atoms with Crippen LogP contribution in [-0.2, 0) is 4.79 Å². The van der Waals surface area contributed by atoms with Crippen molar-refractivity contribution in [2.24, 2.45) is 11.8 Å². The highest BCUT2D eigenvalue weighted by Gasteiger charge is 2.46. The second-order valence-corrected chi connectivity index (χ2v) is 11.7. The van der Waals surface area contributed by atoms with E-state index >= 15 is 0 Å². The summed E-state index contributed by atoms with van der Waals surface area (Å²) in [6, 6.07) is 14.2. The molecule has 7 nitrogen and oxygen atoms in total. The summed E-state index contributed by atoms with van der Waals surface area (Å²) in [6.45, 7) is 11.9. The number of hydrogen-bond acceptors (Lipinski definition) is 5. The Hall–Kier alpha value is -3.19. The number of carbonyl (C=O) groups is 1. The molecule has 1 N–H and O–H groups in total. The van der Waals surface area contributed by atoms with Gasteiger partial charge in [-0.05, 0) is 82.3 Å². The van der Waals surface area contributed by atoms with E-state index in [1.807, 2.05) is 22.5 Å². The van der Waals surface area contributed by atoms with E-state index in [1.165, 1.54) is 48.3 Å². The highest BCUT2D eigenvalue weighted by Crippen LogP contribution is 2.41. The number of piperidine rings is 1. The van der Waals surface area contributed by atoms with Crippen molar-refractivity contribution in [3.8, 4) is 11.1 Å². The number of piperazine rings is 1. The van der Waals surface area contributed by atoms with E-state index in [4.69, 9.17) is 5.41 Å². The van der Waals surface area contributed by atoms with Gasteiger partial charge in [0.05, 0.1) is 11.2 Å². The molecule has 0 bridgehead atoms. The smallest absolute Gasteiger partial charge is 0.226 e. The van der Waals surface area contributed by atoms with Crippen LogP contribution in [0, 0.1) is 17.2 Å². The van der Waals surface area contributed by atoms with Crippen LogP contribution >= 0.6 is 0 Å². The standard InChI is InChI=1S/C31H40N6O/c1-21(2)34-12-9-25(10-13-34)23-4-6-24(7-5-23)26-18-30-29(8-11-33-37(30)20-26)35-14-16-36(17-15-35)31(38)28-19-27(28)22(3)32/h4-8,11,18,20-21,25,27-28,32H,9-10,12-17,19H2,1-3H3/t27-,28+/m1/s1. The number of benzene rings is 1. The fourth-order valence-electron chi connectivity index (χ4n) is 6.47. The van der Waals surface area contributed by atoms with Crippen molar-refractivity contribution in [2.75, 3.05) is 44.2 Å². The van der Waals surface area contributed by atoms with Gasteiger partial charge in [0.2, 0.25) is 5.91 Å². The van der Waals surface area contributed by atoms with Gasteiger partial charge in [-0.2, -0.15) is 5.10 Å². The molecule has 1 amide bonds. The molecule has 200 valence electrons. The number of fused-ring (bicyclic) bond motifs is 1. The van der Waals surface area contributed by atoms with E-state index in [2.05, 4.69) is 71.3 Å². The predicted molar refractivity (Wildman–Crippen MR) is 153 cm³/mol. The molecule has 0 radical (unpaired) electrons. The molecule has 1 aliphatic carbocycles. The Kier molecular flexibility index (Phi) is 6.72. The van der Waals surface area contributed by atoms with Crippen molar-refractivity contribution in [1.82, 2.24) is 19.4 Å². The highest BCUT2D eigenvalue weighted by atomic mass is 16.2. The number of nitrogens with zero attached hydrogens (tertiary/aromatic N) is 5. The second-order valence-electron chi connectivity index (χ2n) is 11.7. The van der Waals surface area contributed by atoms with Gasteiger partial charge in [0.25, 0.3) is 0 Å². The third kappa shape index (κ3) is 4.84. The monoisotopic (exact) mass is 512 g/mol. The molecule has 2 atom stereocenters. The Morgan fingerprint density at radius 1 is 0.947 bits per heavy atom. The second kappa shape index (κ2) is 10.2. The largest absolute Gasteiger partial charge is 0.366 e. The van der Waals surface area contributed by atoms with Gasteiger partial charge in [0, 0.05) is 67.7 Å². The molecule has 2 saturated heterocycles. The average molecular weight is 513 g/mol. The molecule has 0 unspecified atom stereocenters. The van der Waals surface area contributed by atoms with Crippen LogP contribution in [-0.4, -0.2) is 76.3 Å². The average Bonchev–Trinajstić information content (AvgIpc) is 3.64. The molecule has 3 aromatic rings. The first-order valence-corrected chi connectivity index (χ1v) is 14.3.